The first-order chi connectivity index (χ1) is 8.72. The van der Waals surface area contributed by atoms with Gasteiger partial charge in [0.15, 0.2) is 0 Å². The van der Waals surface area contributed by atoms with E-state index in [1.807, 2.05) is 17.9 Å². The van der Waals surface area contributed by atoms with Gasteiger partial charge in [-0.25, -0.2) is 0 Å². The van der Waals surface area contributed by atoms with E-state index in [9.17, 15) is 0 Å². The van der Waals surface area contributed by atoms with Crippen LogP contribution in [0.15, 0.2) is 12.4 Å². The fourth-order valence-electron chi connectivity index (χ4n) is 3.40. The van der Waals surface area contributed by atoms with Gasteiger partial charge in [-0.05, 0) is 43.7 Å². The number of hydrogen-bond donors (Lipinski definition) is 1. The van der Waals surface area contributed by atoms with Crippen LogP contribution in [0.4, 0.5) is 0 Å². The zero-order valence-corrected chi connectivity index (χ0v) is 12.0. The first-order valence-corrected chi connectivity index (χ1v) is 7.37. The third-order valence-electron chi connectivity index (χ3n) is 4.55. The lowest BCUT2D eigenvalue weighted by atomic mass is 9.75. The van der Waals surface area contributed by atoms with Gasteiger partial charge >= 0.3 is 0 Å². The minimum atomic E-state index is 0.614. The van der Waals surface area contributed by atoms with Crippen LogP contribution in [-0.4, -0.2) is 22.9 Å². The Morgan fingerprint density at radius 1 is 1.50 bits per heavy atom. The molecule has 3 unspecified atom stereocenters. The van der Waals surface area contributed by atoms with Crippen LogP contribution >= 0.6 is 0 Å². The molecule has 1 aliphatic rings. The van der Waals surface area contributed by atoms with Crippen molar-refractivity contribution in [2.45, 2.75) is 51.5 Å². The molecule has 0 spiro atoms. The van der Waals surface area contributed by atoms with Crippen molar-refractivity contribution in [2.75, 3.05) is 7.05 Å². The maximum atomic E-state index is 4.27. The third-order valence-corrected chi connectivity index (χ3v) is 4.55. The number of nitrogens with one attached hydrogen (secondary N) is 1. The molecule has 0 radical (unpaired) electrons. The van der Waals surface area contributed by atoms with Gasteiger partial charge in [0.1, 0.15) is 0 Å². The Kier molecular flexibility index (Phi) is 4.81. The number of rotatable bonds is 5. The average Bonchev–Trinajstić information content (AvgIpc) is 2.81. The number of likely N-dealkylation sites (N-methyl/N-ethyl adjacent to an activating group) is 1. The smallest absolute Gasteiger partial charge is 0.0522 e. The maximum Gasteiger partial charge on any atom is 0.0522 e. The highest BCUT2D eigenvalue weighted by molar-refractivity contribution is 5.06. The molecule has 2 rings (SSSR count). The third kappa shape index (κ3) is 3.35. The van der Waals surface area contributed by atoms with Crippen molar-refractivity contribution in [3.63, 3.8) is 0 Å². The van der Waals surface area contributed by atoms with Gasteiger partial charge < -0.3 is 5.32 Å². The van der Waals surface area contributed by atoms with E-state index >= 15 is 0 Å². The molecule has 0 bridgehead atoms. The molecular weight excluding hydrogens is 222 g/mol. The molecule has 0 amide bonds. The van der Waals surface area contributed by atoms with Crippen LogP contribution in [0.5, 0.6) is 0 Å². The summed E-state index contributed by atoms with van der Waals surface area (Å²) in [5.74, 6) is 1.79. The normalized spacial score (nSPS) is 26.2. The van der Waals surface area contributed by atoms with Gasteiger partial charge in [0, 0.05) is 19.3 Å². The predicted octanol–water partition coefficient (Wildman–Crippen LogP) is 2.77. The number of hydrogen-bond acceptors (Lipinski definition) is 2. The lowest BCUT2D eigenvalue weighted by Crippen LogP contribution is -2.38. The Hall–Kier alpha value is -0.830. The second-order valence-electron chi connectivity index (χ2n) is 5.82. The summed E-state index contributed by atoms with van der Waals surface area (Å²) in [7, 11) is 4.10. The van der Waals surface area contributed by atoms with Crippen LogP contribution in [-0.2, 0) is 13.5 Å². The molecule has 1 fully saturated rings. The highest BCUT2D eigenvalue weighted by atomic mass is 15.2. The number of nitrogens with zero attached hydrogens (tertiary/aromatic N) is 2. The van der Waals surface area contributed by atoms with E-state index in [1.165, 1.54) is 37.7 Å². The van der Waals surface area contributed by atoms with Crippen LogP contribution in [0.1, 0.15) is 44.6 Å². The average molecular weight is 249 g/mol. The van der Waals surface area contributed by atoms with Gasteiger partial charge in [-0.2, -0.15) is 5.10 Å². The molecule has 3 atom stereocenters. The van der Waals surface area contributed by atoms with Gasteiger partial charge in [-0.3, -0.25) is 4.68 Å². The van der Waals surface area contributed by atoms with Crippen molar-refractivity contribution in [1.29, 1.82) is 0 Å². The van der Waals surface area contributed by atoms with Crippen molar-refractivity contribution < 1.29 is 0 Å². The Morgan fingerprint density at radius 3 is 2.94 bits per heavy atom. The molecule has 0 aliphatic heterocycles. The Labute approximate surface area is 111 Å². The molecule has 1 N–H and O–H groups in total. The van der Waals surface area contributed by atoms with Crippen molar-refractivity contribution >= 4 is 0 Å². The predicted molar refractivity (Wildman–Crippen MR) is 75.5 cm³/mol. The van der Waals surface area contributed by atoms with Crippen LogP contribution in [0.2, 0.25) is 0 Å². The van der Waals surface area contributed by atoms with E-state index in [0.717, 1.165) is 18.3 Å². The maximum absolute atomic E-state index is 4.27. The highest BCUT2D eigenvalue weighted by Gasteiger charge is 2.27. The first-order valence-electron chi connectivity index (χ1n) is 7.37. The summed E-state index contributed by atoms with van der Waals surface area (Å²) in [6.07, 6.45) is 12.3. The summed E-state index contributed by atoms with van der Waals surface area (Å²) in [6, 6.07) is 0.614. The lowest BCUT2D eigenvalue weighted by molar-refractivity contribution is 0.212. The van der Waals surface area contributed by atoms with E-state index < -0.39 is 0 Å². The van der Waals surface area contributed by atoms with E-state index in [0.29, 0.717) is 6.04 Å². The summed E-state index contributed by atoms with van der Waals surface area (Å²) in [6.45, 7) is 2.34. The van der Waals surface area contributed by atoms with E-state index in [1.54, 1.807) is 0 Å². The summed E-state index contributed by atoms with van der Waals surface area (Å²) in [5.41, 5.74) is 1.36. The second-order valence-corrected chi connectivity index (χ2v) is 5.82. The number of aryl methyl sites for hydroxylation is 1. The molecule has 1 heterocycles. The Balaban J connectivity index is 1.95. The zero-order chi connectivity index (χ0) is 13.0. The molecule has 1 aliphatic carbocycles. The van der Waals surface area contributed by atoms with Gasteiger partial charge in [0.25, 0.3) is 0 Å². The van der Waals surface area contributed by atoms with E-state index in [2.05, 4.69) is 30.6 Å². The minimum absolute atomic E-state index is 0.614. The molecule has 3 heteroatoms. The molecule has 0 aromatic carbocycles. The Bertz CT molecular complexity index is 358. The van der Waals surface area contributed by atoms with Crippen molar-refractivity contribution in [1.82, 2.24) is 15.1 Å². The first kappa shape index (κ1) is 13.6. The minimum Gasteiger partial charge on any atom is -0.316 e. The topological polar surface area (TPSA) is 29.9 Å². The van der Waals surface area contributed by atoms with Crippen molar-refractivity contribution in [3.8, 4) is 0 Å². The molecule has 1 aromatic heterocycles. The molecule has 18 heavy (non-hydrogen) atoms. The Morgan fingerprint density at radius 2 is 2.33 bits per heavy atom. The van der Waals surface area contributed by atoms with E-state index in [-0.39, 0.29) is 0 Å². The summed E-state index contributed by atoms with van der Waals surface area (Å²) >= 11 is 0. The second kappa shape index (κ2) is 6.37. The van der Waals surface area contributed by atoms with Crippen LogP contribution < -0.4 is 5.32 Å². The fourth-order valence-corrected chi connectivity index (χ4v) is 3.40. The van der Waals surface area contributed by atoms with Gasteiger partial charge in [0.05, 0.1) is 6.20 Å². The lowest BCUT2D eigenvalue weighted by Gasteiger charge is -2.34. The standard InChI is InChI=1S/C15H27N3/c1-4-12-6-5-7-14(8-12)15(16-2)9-13-10-17-18(3)11-13/h10-12,14-16H,4-9H2,1-3H3. The van der Waals surface area contributed by atoms with Gasteiger partial charge in [0.2, 0.25) is 0 Å². The summed E-state index contributed by atoms with van der Waals surface area (Å²) in [5, 5.41) is 7.81. The van der Waals surface area contributed by atoms with Crippen LogP contribution in [0.3, 0.4) is 0 Å². The summed E-state index contributed by atoms with van der Waals surface area (Å²) in [4.78, 5) is 0. The molecule has 102 valence electrons. The SMILES string of the molecule is CCC1CCCC(C(Cc2cnn(C)c2)NC)C1. The van der Waals surface area contributed by atoms with Crippen molar-refractivity contribution in [3.05, 3.63) is 18.0 Å². The van der Waals surface area contributed by atoms with Crippen LogP contribution in [0, 0.1) is 11.8 Å². The zero-order valence-electron chi connectivity index (χ0n) is 12.0. The molecule has 3 nitrogen and oxygen atoms in total. The monoisotopic (exact) mass is 249 g/mol. The van der Waals surface area contributed by atoms with E-state index in [4.69, 9.17) is 0 Å². The number of aromatic nitrogens is 2. The highest BCUT2D eigenvalue weighted by Crippen LogP contribution is 2.33. The molecule has 0 saturated heterocycles. The molecule has 1 saturated carbocycles. The van der Waals surface area contributed by atoms with Crippen LogP contribution in [0.25, 0.3) is 0 Å². The molecular formula is C15H27N3. The summed E-state index contributed by atoms with van der Waals surface area (Å²) < 4.78 is 1.90. The quantitative estimate of drug-likeness (QED) is 0.869. The fraction of sp³-hybridized carbons (Fsp3) is 0.800. The van der Waals surface area contributed by atoms with Gasteiger partial charge in [-0.15, -0.1) is 0 Å². The van der Waals surface area contributed by atoms with Crippen molar-refractivity contribution in [2.24, 2.45) is 18.9 Å². The largest absolute Gasteiger partial charge is 0.316 e. The van der Waals surface area contributed by atoms with Gasteiger partial charge in [-0.1, -0.05) is 26.2 Å². The molecule has 1 aromatic rings.